The zero-order chi connectivity index (χ0) is 14.7. The van der Waals surface area contributed by atoms with Crippen LogP contribution in [-0.4, -0.2) is 4.21 Å². The van der Waals surface area contributed by atoms with E-state index in [1.54, 1.807) is 0 Å². The van der Waals surface area contributed by atoms with Crippen molar-refractivity contribution in [3.8, 4) is 0 Å². The van der Waals surface area contributed by atoms with Crippen LogP contribution < -0.4 is 0 Å². The molecule has 0 aliphatic heterocycles. The average Bonchev–Trinajstić information content (AvgIpc) is 2.46. The summed E-state index contributed by atoms with van der Waals surface area (Å²) in [5.74, 6) is 0. The normalized spacial score (nSPS) is 11.1. The Morgan fingerprint density at radius 3 is 1.50 bits per heavy atom. The smallest absolute Gasteiger partial charge is 0.0854 e. The Kier molecular flexibility index (Phi) is 4.77. The molecular weight excluding hydrogens is 264 g/mol. The van der Waals surface area contributed by atoms with E-state index in [9.17, 15) is 4.21 Å². The van der Waals surface area contributed by atoms with Crippen LogP contribution in [0, 0.1) is 13.8 Å². The summed E-state index contributed by atoms with van der Waals surface area (Å²) >= 11 is 0. The molecule has 20 heavy (non-hydrogen) atoms. The lowest BCUT2D eigenvalue weighted by atomic mass is 10.1. The summed E-state index contributed by atoms with van der Waals surface area (Å²) < 4.78 is 12.8. The third-order valence-corrected chi connectivity index (χ3v) is 5.41. The maximum atomic E-state index is 12.8. The van der Waals surface area contributed by atoms with Gasteiger partial charge in [0.15, 0.2) is 0 Å². The summed E-state index contributed by atoms with van der Waals surface area (Å²) in [6.45, 7) is 8.36. The monoisotopic (exact) mass is 286 g/mol. The fraction of sp³-hybridized carbons (Fsp3) is 0.333. The molecule has 0 unspecified atom stereocenters. The lowest BCUT2D eigenvalue weighted by Gasteiger charge is -2.11. The number of rotatable bonds is 4. The minimum Gasteiger partial charge on any atom is -0.249 e. The van der Waals surface area contributed by atoms with Crippen LogP contribution in [0.1, 0.15) is 36.1 Å². The second kappa shape index (κ2) is 6.36. The second-order valence-corrected chi connectivity index (χ2v) is 6.59. The predicted molar refractivity (Wildman–Crippen MR) is 85.8 cm³/mol. The Hall–Kier alpha value is -1.41. The molecule has 0 amide bonds. The van der Waals surface area contributed by atoms with Crippen molar-refractivity contribution in [2.45, 2.75) is 50.3 Å². The van der Waals surface area contributed by atoms with Gasteiger partial charge in [0.25, 0.3) is 0 Å². The predicted octanol–water partition coefficient (Wildman–Crippen LogP) is 4.59. The third-order valence-electron chi connectivity index (χ3n) is 3.69. The summed E-state index contributed by atoms with van der Waals surface area (Å²) in [5.41, 5.74) is 4.81. The Balaban J connectivity index is 2.41. The first-order valence-electron chi connectivity index (χ1n) is 7.17. The minimum atomic E-state index is -1.09. The summed E-state index contributed by atoms with van der Waals surface area (Å²) in [6.07, 6.45) is 2.02. The van der Waals surface area contributed by atoms with E-state index >= 15 is 0 Å². The highest BCUT2D eigenvalue weighted by Gasteiger charge is 2.12. The fourth-order valence-corrected chi connectivity index (χ4v) is 3.72. The lowest BCUT2D eigenvalue weighted by Crippen LogP contribution is -2.00. The number of hydrogen-bond donors (Lipinski definition) is 0. The molecule has 2 heteroatoms. The van der Waals surface area contributed by atoms with Gasteiger partial charge in [-0.15, -0.1) is 0 Å². The van der Waals surface area contributed by atoms with Crippen LogP contribution in [0.4, 0.5) is 0 Å². The molecule has 0 fully saturated rings. The van der Waals surface area contributed by atoms with Crippen molar-refractivity contribution in [1.82, 2.24) is 0 Å². The molecule has 2 aromatic rings. The number of aryl methyl sites for hydroxylation is 4. The van der Waals surface area contributed by atoms with Crippen LogP contribution in [-0.2, 0) is 23.6 Å². The van der Waals surface area contributed by atoms with Crippen molar-refractivity contribution in [3.05, 3.63) is 58.7 Å². The van der Waals surface area contributed by atoms with E-state index < -0.39 is 10.8 Å². The Labute approximate surface area is 124 Å². The van der Waals surface area contributed by atoms with E-state index in [1.165, 1.54) is 11.1 Å². The largest absolute Gasteiger partial charge is 0.249 e. The minimum absolute atomic E-state index is 0.926. The molecule has 2 aromatic carbocycles. The molecule has 0 aliphatic carbocycles. The zero-order valence-electron chi connectivity index (χ0n) is 12.7. The van der Waals surface area contributed by atoms with E-state index in [2.05, 4.69) is 38.1 Å². The SMILES string of the molecule is CCc1ccc(S(=O)c2ccc(CC)cc2C)c(C)c1. The highest BCUT2D eigenvalue weighted by Crippen LogP contribution is 2.24. The molecule has 0 heterocycles. The zero-order valence-corrected chi connectivity index (χ0v) is 13.5. The molecule has 0 aromatic heterocycles. The number of benzene rings is 2. The van der Waals surface area contributed by atoms with E-state index in [1.807, 2.05) is 26.0 Å². The summed E-state index contributed by atoms with van der Waals surface area (Å²) in [6, 6.07) is 12.5. The van der Waals surface area contributed by atoms with Gasteiger partial charge in [0.05, 0.1) is 10.8 Å². The van der Waals surface area contributed by atoms with Crippen LogP contribution in [0.25, 0.3) is 0 Å². The number of hydrogen-bond acceptors (Lipinski definition) is 1. The maximum absolute atomic E-state index is 12.8. The summed E-state index contributed by atoms with van der Waals surface area (Å²) in [7, 11) is -1.09. The average molecular weight is 286 g/mol. The fourth-order valence-electron chi connectivity index (χ4n) is 2.40. The molecular formula is C18H22OS. The van der Waals surface area contributed by atoms with Crippen molar-refractivity contribution in [2.24, 2.45) is 0 Å². The Morgan fingerprint density at radius 2 is 1.20 bits per heavy atom. The topological polar surface area (TPSA) is 17.1 Å². The molecule has 0 saturated heterocycles. The molecule has 0 N–H and O–H groups in total. The molecule has 0 bridgehead atoms. The van der Waals surface area contributed by atoms with Gasteiger partial charge in [-0.25, -0.2) is 4.21 Å². The second-order valence-electron chi connectivity index (χ2n) is 5.18. The Bertz CT molecular complexity index is 588. The molecule has 0 atom stereocenters. The standard InChI is InChI=1S/C18H22OS/c1-5-15-7-9-17(13(3)11-15)20(19)18-10-8-16(6-2)12-14(18)4/h7-12H,5-6H2,1-4H3. The van der Waals surface area contributed by atoms with Gasteiger partial charge in [-0.05, 0) is 61.1 Å². The van der Waals surface area contributed by atoms with Crippen LogP contribution in [0.2, 0.25) is 0 Å². The summed E-state index contributed by atoms with van der Waals surface area (Å²) in [4.78, 5) is 1.85. The van der Waals surface area contributed by atoms with Crippen molar-refractivity contribution in [1.29, 1.82) is 0 Å². The first kappa shape index (κ1) is 15.0. The molecule has 1 nitrogen and oxygen atoms in total. The van der Waals surface area contributed by atoms with Gasteiger partial charge in [-0.1, -0.05) is 38.1 Å². The van der Waals surface area contributed by atoms with Crippen LogP contribution >= 0.6 is 0 Å². The lowest BCUT2D eigenvalue weighted by molar-refractivity contribution is 0.682. The molecule has 0 saturated carbocycles. The van der Waals surface area contributed by atoms with Gasteiger partial charge in [0.1, 0.15) is 0 Å². The van der Waals surface area contributed by atoms with Gasteiger partial charge in [-0.2, -0.15) is 0 Å². The maximum Gasteiger partial charge on any atom is 0.0854 e. The van der Waals surface area contributed by atoms with E-state index in [0.717, 1.165) is 33.8 Å². The van der Waals surface area contributed by atoms with Gasteiger partial charge < -0.3 is 0 Å². The van der Waals surface area contributed by atoms with E-state index in [4.69, 9.17) is 0 Å². The first-order valence-corrected chi connectivity index (χ1v) is 8.32. The Morgan fingerprint density at radius 1 is 0.800 bits per heavy atom. The van der Waals surface area contributed by atoms with Crippen molar-refractivity contribution in [3.63, 3.8) is 0 Å². The quantitative estimate of drug-likeness (QED) is 0.803. The van der Waals surface area contributed by atoms with Gasteiger partial charge in [-0.3, -0.25) is 0 Å². The van der Waals surface area contributed by atoms with E-state index in [0.29, 0.717) is 0 Å². The molecule has 2 rings (SSSR count). The molecule has 0 radical (unpaired) electrons. The van der Waals surface area contributed by atoms with Crippen molar-refractivity contribution < 1.29 is 4.21 Å². The van der Waals surface area contributed by atoms with Gasteiger partial charge in [0, 0.05) is 9.79 Å². The highest BCUT2D eigenvalue weighted by molar-refractivity contribution is 7.85. The van der Waals surface area contributed by atoms with Crippen LogP contribution in [0.15, 0.2) is 46.2 Å². The van der Waals surface area contributed by atoms with Crippen molar-refractivity contribution in [2.75, 3.05) is 0 Å². The van der Waals surface area contributed by atoms with Gasteiger partial charge in [0.2, 0.25) is 0 Å². The van der Waals surface area contributed by atoms with E-state index in [-0.39, 0.29) is 0 Å². The van der Waals surface area contributed by atoms with Crippen LogP contribution in [0.5, 0.6) is 0 Å². The van der Waals surface area contributed by atoms with Crippen molar-refractivity contribution >= 4 is 10.8 Å². The van der Waals surface area contributed by atoms with Gasteiger partial charge >= 0.3 is 0 Å². The van der Waals surface area contributed by atoms with Crippen LogP contribution in [0.3, 0.4) is 0 Å². The summed E-state index contributed by atoms with van der Waals surface area (Å²) in [5, 5.41) is 0. The molecule has 0 spiro atoms. The highest BCUT2D eigenvalue weighted by atomic mass is 32.2. The third kappa shape index (κ3) is 3.01. The first-order chi connectivity index (χ1) is 9.56. The molecule has 0 aliphatic rings. The molecule has 106 valence electrons.